The molecule has 2 amide bonds. The summed E-state index contributed by atoms with van der Waals surface area (Å²) in [6, 6.07) is 0.196. The minimum Gasteiger partial charge on any atom is -0.453 e. The number of guanidine groups is 1. The first-order valence-corrected chi connectivity index (χ1v) is 7.66. The fourth-order valence-corrected chi connectivity index (χ4v) is 2.14. The number of rotatable bonds is 5. The second-order valence-electron chi connectivity index (χ2n) is 5.50. The summed E-state index contributed by atoms with van der Waals surface area (Å²) in [6.07, 6.45) is 3.03. The number of hydrogen-bond acceptors (Lipinski definition) is 4. The molecule has 0 aliphatic carbocycles. The fourth-order valence-electron chi connectivity index (χ4n) is 2.14. The van der Waals surface area contributed by atoms with Crippen LogP contribution in [0.2, 0.25) is 0 Å². The Bertz CT molecular complexity index is 448. The number of carbonyl (C=O) groups is 2. The van der Waals surface area contributed by atoms with Crippen molar-refractivity contribution in [3.8, 4) is 0 Å². The molecule has 1 fully saturated rings. The Kier molecular flexibility index (Phi) is 11.2. The summed E-state index contributed by atoms with van der Waals surface area (Å²) < 4.78 is 4.72. The zero-order valence-corrected chi connectivity index (χ0v) is 16.9. The number of ether oxygens (including phenoxy) is 1. The van der Waals surface area contributed by atoms with Gasteiger partial charge in [-0.1, -0.05) is 6.08 Å². The number of nitrogens with zero attached hydrogens (tertiary/aromatic N) is 3. The average molecular weight is 453 g/mol. The molecule has 0 aromatic rings. The molecule has 1 aliphatic rings. The molecule has 138 valence electrons. The van der Waals surface area contributed by atoms with E-state index in [9.17, 15) is 9.59 Å². The predicted molar refractivity (Wildman–Crippen MR) is 105 cm³/mol. The Hall–Kier alpha value is -1.52. The van der Waals surface area contributed by atoms with Crippen LogP contribution >= 0.6 is 24.0 Å². The van der Waals surface area contributed by atoms with Crippen molar-refractivity contribution in [1.29, 1.82) is 0 Å². The molecule has 1 heterocycles. The monoisotopic (exact) mass is 453 g/mol. The summed E-state index contributed by atoms with van der Waals surface area (Å²) in [5.74, 6) is 0.516. The van der Waals surface area contributed by atoms with E-state index in [1.807, 2.05) is 0 Å². The first kappa shape index (κ1) is 22.5. The van der Waals surface area contributed by atoms with Gasteiger partial charge in [0.05, 0.1) is 7.11 Å². The molecule has 1 rings (SSSR count). The first-order chi connectivity index (χ1) is 11.0. The van der Waals surface area contributed by atoms with Crippen LogP contribution in [-0.4, -0.2) is 81.2 Å². The molecule has 0 radical (unpaired) electrons. The summed E-state index contributed by atoms with van der Waals surface area (Å²) >= 11 is 0. The Morgan fingerprint density at radius 3 is 2.50 bits per heavy atom. The van der Waals surface area contributed by atoms with Crippen LogP contribution in [0.25, 0.3) is 0 Å². The summed E-state index contributed by atoms with van der Waals surface area (Å²) in [4.78, 5) is 30.6. The smallest absolute Gasteiger partial charge is 0.409 e. The topological polar surface area (TPSA) is 86.3 Å². The van der Waals surface area contributed by atoms with E-state index < -0.39 is 0 Å². The number of piperidine rings is 1. The number of amides is 2. The molecule has 0 bridgehead atoms. The maximum absolute atomic E-state index is 11.6. The summed E-state index contributed by atoms with van der Waals surface area (Å²) in [6.45, 7) is 5.57. The maximum Gasteiger partial charge on any atom is 0.409 e. The van der Waals surface area contributed by atoms with Crippen molar-refractivity contribution in [3.05, 3.63) is 12.7 Å². The van der Waals surface area contributed by atoms with E-state index in [0.717, 1.165) is 12.8 Å². The van der Waals surface area contributed by atoms with Crippen LogP contribution in [0.5, 0.6) is 0 Å². The Morgan fingerprint density at radius 2 is 2.00 bits per heavy atom. The van der Waals surface area contributed by atoms with Crippen LogP contribution in [-0.2, 0) is 9.53 Å². The van der Waals surface area contributed by atoms with Crippen LogP contribution in [0.3, 0.4) is 0 Å². The zero-order chi connectivity index (χ0) is 17.2. The number of nitrogens with one attached hydrogen (secondary N) is 2. The lowest BCUT2D eigenvalue weighted by Gasteiger charge is -2.32. The van der Waals surface area contributed by atoms with Gasteiger partial charge >= 0.3 is 6.09 Å². The molecule has 0 aromatic carbocycles. The summed E-state index contributed by atoms with van der Waals surface area (Å²) in [5, 5.41) is 6.41. The number of aliphatic imine (C=N–C) groups is 1. The number of carbonyl (C=O) groups excluding carboxylic acids is 2. The fraction of sp³-hybridized carbons (Fsp3) is 0.667. The van der Waals surface area contributed by atoms with Gasteiger partial charge in [-0.2, -0.15) is 0 Å². The van der Waals surface area contributed by atoms with E-state index in [0.29, 0.717) is 25.6 Å². The van der Waals surface area contributed by atoms with Crippen molar-refractivity contribution < 1.29 is 14.3 Å². The normalized spacial score (nSPS) is 15.1. The molecule has 1 saturated heterocycles. The van der Waals surface area contributed by atoms with Gasteiger partial charge in [0.15, 0.2) is 5.96 Å². The SMILES string of the molecule is C=CCNC(=NCC(=O)N(C)C)NC1CCN(C(=O)OC)CC1.I. The standard InChI is InChI=1S/C15H27N5O3.HI/c1-5-8-16-14(17-11-13(21)19(2)3)18-12-6-9-20(10-7-12)15(22)23-4;/h5,12H,1,6-11H2,2-4H3,(H2,16,17,18);1H. The van der Waals surface area contributed by atoms with Crippen LogP contribution < -0.4 is 10.6 Å². The van der Waals surface area contributed by atoms with Crippen LogP contribution in [0.15, 0.2) is 17.6 Å². The Morgan fingerprint density at radius 1 is 1.38 bits per heavy atom. The molecule has 0 atom stereocenters. The highest BCUT2D eigenvalue weighted by molar-refractivity contribution is 14.0. The van der Waals surface area contributed by atoms with Gasteiger partial charge in [0.25, 0.3) is 0 Å². The molecule has 0 unspecified atom stereocenters. The number of methoxy groups -OCH3 is 1. The lowest BCUT2D eigenvalue weighted by molar-refractivity contribution is -0.127. The zero-order valence-electron chi connectivity index (χ0n) is 14.6. The molecule has 24 heavy (non-hydrogen) atoms. The van der Waals surface area contributed by atoms with Crippen molar-refractivity contribution in [2.45, 2.75) is 18.9 Å². The van der Waals surface area contributed by atoms with E-state index in [4.69, 9.17) is 4.74 Å². The third-order valence-electron chi connectivity index (χ3n) is 3.55. The highest BCUT2D eigenvalue weighted by atomic mass is 127. The number of halogens is 1. The van der Waals surface area contributed by atoms with Gasteiger partial charge in [-0.05, 0) is 12.8 Å². The van der Waals surface area contributed by atoms with Gasteiger partial charge in [-0.3, -0.25) is 4.79 Å². The highest BCUT2D eigenvalue weighted by Crippen LogP contribution is 2.11. The average Bonchev–Trinajstić information content (AvgIpc) is 2.56. The number of hydrogen-bond donors (Lipinski definition) is 2. The van der Waals surface area contributed by atoms with Crippen molar-refractivity contribution in [2.75, 3.05) is 47.4 Å². The summed E-state index contributed by atoms with van der Waals surface area (Å²) in [5.41, 5.74) is 0. The number of likely N-dealkylation sites (tertiary alicyclic amines) is 1. The highest BCUT2D eigenvalue weighted by Gasteiger charge is 2.23. The quantitative estimate of drug-likeness (QED) is 0.276. The molecule has 8 nitrogen and oxygen atoms in total. The van der Waals surface area contributed by atoms with E-state index in [-0.39, 0.29) is 48.6 Å². The van der Waals surface area contributed by atoms with Gasteiger partial charge in [-0.25, -0.2) is 9.79 Å². The van der Waals surface area contributed by atoms with Crippen LogP contribution in [0.1, 0.15) is 12.8 Å². The second-order valence-corrected chi connectivity index (χ2v) is 5.50. The Balaban J connectivity index is 0.00000529. The van der Waals surface area contributed by atoms with E-state index in [1.165, 1.54) is 12.0 Å². The predicted octanol–water partition coefficient (Wildman–Crippen LogP) is 0.645. The van der Waals surface area contributed by atoms with Crippen molar-refractivity contribution in [1.82, 2.24) is 20.4 Å². The van der Waals surface area contributed by atoms with Gasteiger partial charge in [0, 0.05) is 39.8 Å². The lowest BCUT2D eigenvalue weighted by atomic mass is 10.1. The largest absolute Gasteiger partial charge is 0.453 e. The van der Waals surface area contributed by atoms with Gasteiger partial charge in [0.1, 0.15) is 6.54 Å². The molecular formula is C15H28IN5O3. The minimum absolute atomic E-state index is 0. The lowest BCUT2D eigenvalue weighted by Crippen LogP contribution is -2.50. The van der Waals surface area contributed by atoms with E-state index in [2.05, 4.69) is 22.2 Å². The first-order valence-electron chi connectivity index (χ1n) is 7.66. The molecule has 0 saturated carbocycles. The molecule has 9 heteroatoms. The molecule has 0 aromatic heterocycles. The van der Waals surface area contributed by atoms with E-state index in [1.54, 1.807) is 25.1 Å². The van der Waals surface area contributed by atoms with E-state index >= 15 is 0 Å². The van der Waals surface area contributed by atoms with Gasteiger partial charge in [-0.15, -0.1) is 30.6 Å². The third-order valence-corrected chi connectivity index (χ3v) is 3.55. The van der Waals surface area contributed by atoms with Crippen molar-refractivity contribution in [3.63, 3.8) is 0 Å². The van der Waals surface area contributed by atoms with Crippen molar-refractivity contribution >= 4 is 41.9 Å². The van der Waals surface area contributed by atoms with Gasteiger partial charge < -0.3 is 25.2 Å². The minimum atomic E-state index is -0.293. The van der Waals surface area contributed by atoms with Gasteiger partial charge in [0.2, 0.25) is 5.91 Å². The third kappa shape index (κ3) is 7.84. The maximum atomic E-state index is 11.6. The van der Waals surface area contributed by atoms with Crippen molar-refractivity contribution in [2.24, 2.45) is 4.99 Å². The molecule has 1 aliphatic heterocycles. The van der Waals surface area contributed by atoms with Crippen LogP contribution in [0, 0.1) is 0 Å². The summed E-state index contributed by atoms with van der Waals surface area (Å²) in [7, 11) is 4.79. The molecule has 2 N–H and O–H groups in total. The second kappa shape index (κ2) is 11.9. The Labute approximate surface area is 160 Å². The molecule has 0 spiro atoms. The number of likely N-dealkylation sites (N-methyl/N-ethyl adjacent to an activating group) is 1. The van der Waals surface area contributed by atoms with Crippen LogP contribution in [0.4, 0.5) is 4.79 Å². The molecular weight excluding hydrogens is 425 g/mol.